The van der Waals surface area contributed by atoms with Crippen LogP contribution in [0.3, 0.4) is 0 Å². The highest BCUT2D eigenvalue weighted by molar-refractivity contribution is 4.35. The molecule has 0 heterocycles. The van der Waals surface area contributed by atoms with E-state index in [1.165, 1.54) is 6.42 Å². The van der Waals surface area contributed by atoms with E-state index in [1.54, 1.807) is 0 Å². The van der Waals surface area contributed by atoms with Gasteiger partial charge in [-0.3, -0.25) is 0 Å². The number of aliphatic hydroxyl groups is 1. The minimum Gasteiger partial charge on any atom is -0.394 e. The van der Waals surface area contributed by atoms with E-state index in [1.807, 2.05) is 0 Å². The van der Waals surface area contributed by atoms with Gasteiger partial charge in [0.05, 0.1) is 39.6 Å². The molecule has 0 aliphatic heterocycles. The monoisotopic (exact) mass is 250 g/mol. The van der Waals surface area contributed by atoms with E-state index in [4.69, 9.17) is 19.3 Å². The summed E-state index contributed by atoms with van der Waals surface area (Å²) in [6.07, 6.45) is 3.52. The summed E-state index contributed by atoms with van der Waals surface area (Å²) in [5.74, 6) is 0. The van der Waals surface area contributed by atoms with E-state index < -0.39 is 0 Å². The lowest BCUT2D eigenvalue weighted by molar-refractivity contribution is 0.00735. The summed E-state index contributed by atoms with van der Waals surface area (Å²) in [5.41, 5.74) is 0. The minimum atomic E-state index is 0.0696. The number of unbranched alkanes of at least 4 members (excludes halogenated alkanes) is 1. The molecule has 0 bridgehead atoms. The summed E-state index contributed by atoms with van der Waals surface area (Å²) >= 11 is 0. The smallest absolute Gasteiger partial charge is 0.0701 e. The van der Waals surface area contributed by atoms with E-state index in [0.717, 1.165) is 19.4 Å². The van der Waals surface area contributed by atoms with Crippen LogP contribution in [0.25, 0.3) is 0 Å². The van der Waals surface area contributed by atoms with Gasteiger partial charge < -0.3 is 19.3 Å². The van der Waals surface area contributed by atoms with Gasteiger partial charge in [0, 0.05) is 6.61 Å². The molecule has 0 atom stereocenters. The summed E-state index contributed by atoms with van der Waals surface area (Å²) < 4.78 is 15.5. The highest BCUT2D eigenvalue weighted by Crippen LogP contribution is 1.87. The molecule has 0 spiro atoms. The zero-order valence-electron chi connectivity index (χ0n) is 11.7. The van der Waals surface area contributed by atoms with Gasteiger partial charge in [0.15, 0.2) is 0 Å². The van der Waals surface area contributed by atoms with Gasteiger partial charge in [0.1, 0.15) is 0 Å². The van der Waals surface area contributed by atoms with Gasteiger partial charge in [0.25, 0.3) is 0 Å². The molecule has 0 amide bonds. The average Bonchev–Trinajstić information content (AvgIpc) is 2.33. The molecule has 0 saturated heterocycles. The lowest BCUT2D eigenvalue weighted by atomic mass is 10.4. The molecule has 0 saturated carbocycles. The van der Waals surface area contributed by atoms with Gasteiger partial charge in [-0.1, -0.05) is 33.6 Å². The van der Waals surface area contributed by atoms with Crippen LogP contribution in [0.1, 0.15) is 40.0 Å². The Kier molecular flexibility index (Phi) is 23.9. The number of aliphatic hydroxyl groups excluding tert-OH is 1. The maximum absolute atomic E-state index is 8.40. The second-order valence-electron chi connectivity index (χ2n) is 3.62. The topological polar surface area (TPSA) is 47.9 Å². The summed E-state index contributed by atoms with van der Waals surface area (Å²) in [4.78, 5) is 0. The third-order valence-electron chi connectivity index (χ3n) is 1.62. The molecule has 0 aliphatic rings. The summed E-state index contributed by atoms with van der Waals surface area (Å²) in [5, 5.41) is 8.40. The molecular formula is C13H30O4. The van der Waals surface area contributed by atoms with Crippen LogP contribution in [0, 0.1) is 0 Å². The van der Waals surface area contributed by atoms with Crippen molar-refractivity contribution in [1.29, 1.82) is 0 Å². The minimum absolute atomic E-state index is 0.0696. The lowest BCUT2D eigenvalue weighted by Crippen LogP contribution is -2.11. The van der Waals surface area contributed by atoms with Crippen molar-refractivity contribution in [3.05, 3.63) is 0 Å². The Morgan fingerprint density at radius 2 is 1.12 bits per heavy atom. The quantitative estimate of drug-likeness (QED) is 0.571. The third-order valence-corrected chi connectivity index (χ3v) is 1.62. The molecule has 4 heteroatoms. The predicted molar refractivity (Wildman–Crippen MR) is 70.4 cm³/mol. The van der Waals surface area contributed by atoms with E-state index in [2.05, 4.69) is 20.8 Å². The highest BCUT2D eigenvalue weighted by Gasteiger charge is 1.90. The first kappa shape index (κ1) is 19.2. The molecule has 0 aromatic heterocycles. The molecule has 0 unspecified atom stereocenters. The fourth-order valence-electron chi connectivity index (χ4n) is 0.853. The van der Waals surface area contributed by atoms with Crippen LogP contribution in [0.15, 0.2) is 0 Å². The Labute approximate surface area is 106 Å². The van der Waals surface area contributed by atoms with Crippen molar-refractivity contribution in [1.82, 2.24) is 0 Å². The molecule has 17 heavy (non-hydrogen) atoms. The van der Waals surface area contributed by atoms with Crippen LogP contribution >= 0.6 is 0 Å². The maximum atomic E-state index is 8.40. The lowest BCUT2D eigenvalue weighted by Gasteiger charge is -2.05. The Bertz CT molecular complexity index is 97.6. The Hall–Kier alpha value is -0.160. The molecule has 0 aliphatic carbocycles. The zero-order chi connectivity index (χ0) is 13.2. The fourth-order valence-corrected chi connectivity index (χ4v) is 0.853. The van der Waals surface area contributed by atoms with E-state index in [9.17, 15) is 0 Å². The molecule has 1 N–H and O–H groups in total. The van der Waals surface area contributed by atoms with E-state index in [0.29, 0.717) is 33.0 Å². The van der Waals surface area contributed by atoms with Crippen LogP contribution in [0.5, 0.6) is 0 Å². The molecular weight excluding hydrogens is 220 g/mol. The largest absolute Gasteiger partial charge is 0.394 e. The van der Waals surface area contributed by atoms with Crippen LogP contribution in [-0.4, -0.2) is 51.4 Å². The highest BCUT2D eigenvalue weighted by atomic mass is 16.5. The molecule has 0 fully saturated rings. The normalized spacial score (nSPS) is 9.88. The van der Waals surface area contributed by atoms with E-state index >= 15 is 0 Å². The molecule has 0 radical (unpaired) electrons. The number of ether oxygens (including phenoxy) is 3. The Morgan fingerprint density at radius 1 is 0.706 bits per heavy atom. The first-order chi connectivity index (χ1) is 8.33. The van der Waals surface area contributed by atoms with Gasteiger partial charge >= 0.3 is 0 Å². The predicted octanol–water partition coefficient (Wildman–Crippen LogP) is 2.24. The van der Waals surface area contributed by atoms with Crippen molar-refractivity contribution < 1.29 is 19.3 Å². The molecule has 4 nitrogen and oxygen atoms in total. The number of rotatable bonds is 11. The Morgan fingerprint density at radius 3 is 1.53 bits per heavy atom. The van der Waals surface area contributed by atoms with Gasteiger partial charge in [-0.05, 0) is 6.42 Å². The standard InChI is InChI=1S/C10H22O4.C3H8/c1-2-3-5-12-7-9-14-10-8-13-6-4-11;1-3-2/h11H,2-10H2,1H3;3H2,1-2H3. The third kappa shape index (κ3) is 25.8. The SMILES string of the molecule is CCC.CCCCOCCOCCOCCO. The van der Waals surface area contributed by atoms with Crippen molar-refractivity contribution >= 4 is 0 Å². The maximum Gasteiger partial charge on any atom is 0.0701 e. The van der Waals surface area contributed by atoms with Crippen LogP contribution in [0.2, 0.25) is 0 Å². The summed E-state index contributed by atoms with van der Waals surface area (Å²) in [7, 11) is 0. The molecule has 0 aromatic rings. The van der Waals surface area contributed by atoms with Crippen molar-refractivity contribution in [2.75, 3.05) is 46.2 Å². The first-order valence-corrected chi connectivity index (χ1v) is 6.67. The average molecular weight is 250 g/mol. The zero-order valence-corrected chi connectivity index (χ0v) is 11.7. The van der Waals surface area contributed by atoms with Crippen LogP contribution in [-0.2, 0) is 14.2 Å². The molecule has 0 aromatic carbocycles. The Balaban J connectivity index is 0. The summed E-state index contributed by atoms with van der Waals surface area (Å²) in [6.45, 7) is 10.0. The number of hydrogen-bond acceptors (Lipinski definition) is 4. The molecule has 106 valence electrons. The van der Waals surface area contributed by atoms with Crippen LogP contribution < -0.4 is 0 Å². The van der Waals surface area contributed by atoms with Gasteiger partial charge in [0.2, 0.25) is 0 Å². The van der Waals surface area contributed by atoms with Crippen LogP contribution in [0.4, 0.5) is 0 Å². The van der Waals surface area contributed by atoms with Gasteiger partial charge in [-0.25, -0.2) is 0 Å². The summed E-state index contributed by atoms with van der Waals surface area (Å²) in [6, 6.07) is 0. The molecule has 0 rings (SSSR count). The second-order valence-corrected chi connectivity index (χ2v) is 3.62. The van der Waals surface area contributed by atoms with Crippen molar-refractivity contribution in [2.45, 2.75) is 40.0 Å². The second kappa shape index (κ2) is 21.2. The fraction of sp³-hybridized carbons (Fsp3) is 1.00. The van der Waals surface area contributed by atoms with E-state index in [-0.39, 0.29) is 6.61 Å². The first-order valence-electron chi connectivity index (χ1n) is 6.67. The number of hydrogen-bond donors (Lipinski definition) is 1. The van der Waals surface area contributed by atoms with Gasteiger partial charge in [-0.15, -0.1) is 0 Å². The van der Waals surface area contributed by atoms with Crippen molar-refractivity contribution in [2.24, 2.45) is 0 Å². The van der Waals surface area contributed by atoms with Gasteiger partial charge in [-0.2, -0.15) is 0 Å². The van der Waals surface area contributed by atoms with Crippen molar-refractivity contribution in [3.8, 4) is 0 Å². The van der Waals surface area contributed by atoms with Crippen molar-refractivity contribution in [3.63, 3.8) is 0 Å².